The molecule has 168 valence electrons. The van der Waals surface area contributed by atoms with Gasteiger partial charge in [-0.15, -0.1) is 0 Å². The Morgan fingerprint density at radius 2 is 1.68 bits per heavy atom. The SMILES string of the molecule is CC(C)CCOc1ccc(C(=O)OCC(=O)NCCc2ccc(S(N)(=O)=O)cc2)cc1. The van der Waals surface area contributed by atoms with Crippen LogP contribution in [0.2, 0.25) is 0 Å². The molecule has 31 heavy (non-hydrogen) atoms. The second kappa shape index (κ2) is 11.5. The predicted octanol–water partition coefficient (Wildman–Crippen LogP) is 2.27. The maximum atomic E-state index is 12.1. The Labute approximate surface area is 182 Å². The summed E-state index contributed by atoms with van der Waals surface area (Å²) in [4.78, 5) is 24.0. The number of carbonyl (C=O) groups excluding carboxylic acids is 2. The Bertz CT molecular complexity index is 970. The zero-order valence-corrected chi connectivity index (χ0v) is 18.5. The van der Waals surface area contributed by atoms with E-state index < -0.39 is 28.5 Å². The zero-order chi connectivity index (χ0) is 22.9. The van der Waals surface area contributed by atoms with E-state index in [2.05, 4.69) is 19.2 Å². The first kappa shape index (κ1) is 24.4. The molecule has 1 amide bonds. The van der Waals surface area contributed by atoms with Gasteiger partial charge in [-0.1, -0.05) is 26.0 Å². The van der Waals surface area contributed by atoms with Crippen LogP contribution in [-0.2, 0) is 26.0 Å². The van der Waals surface area contributed by atoms with Crippen molar-refractivity contribution in [2.75, 3.05) is 19.8 Å². The summed E-state index contributed by atoms with van der Waals surface area (Å²) in [5, 5.41) is 7.70. The van der Waals surface area contributed by atoms with E-state index in [1.54, 1.807) is 36.4 Å². The molecule has 0 spiro atoms. The van der Waals surface area contributed by atoms with E-state index in [4.69, 9.17) is 14.6 Å². The highest BCUT2D eigenvalue weighted by Gasteiger charge is 2.11. The molecule has 0 aliphatic heterocycles. The number of rotatable bonds is 11. The van der Waals surface area contributed by atoms with Crippen molar-refractivity contribution in [1.29, 1.82) is 0 Å². The number of nitrogens with one attached hydrogen (secondary N) is 1. The summed E-state index contributed by atoms with van der Waals surface area (Å²) in [7, 11) is -3.73. The number of sulfonamides is 1. The largest absolute Gasteiger partial charge is 0.494 e. The highest BCUT2D eigenvalue weighted by atomic mass is 32.2. The molecule has 2 aromatic rings. The maximum absolute atomic E-state index is 12.1. The van der Waals surface area contributed by atoms with E-state index >= 15 is 0 Å². The van der Waals surface area contributed by atoms with E-state index in [1.807, 2.05) is 0 Å². The fraction of sp³-hybridized carbons (Fsp3) is 0.364. The van der Waals surface area contributed by atoms with Crippen LogP contribution in [0, 0.1) is 5.92 Å². The van der Waals surface area contributed by atoms with E-state index in [0.717, 1.165) is 12.0 Å². The van der Waals surface area contributed by atoms with E-state index in [1.165, 1.54) is 12.1 Å². The second-order valence-corrected chi connectivity index (χ2v) is 8.98. The van der Waals surface area contributed by atoms with Gasteiger partial charge in [-0.3, -0.25) is 4.79 Å². The van der Waals surface area contributed by atoms with Crippen LogP contribution in [0.1, 0.15) is 36.2 Å². The summed E-state index contributed by atoms with van der Waals surface area (Å²) in [5.41, 5.74) is 1.17. The monoisotopic (exact) mass is 448 g/mol. The molecule has 0 atom stereocenters. The van der Waals surface area contributed by atoms with Crippen LogP contribution in [0.25, 0.3) is 0 Å². The highest BCUT2D eigenvalue weighted by Crippen LogP contribution is 2.14. The number of esters is 1. The van der Waals surface area contributed by atoms with Crippen molar-refractivity contribution in [3.8, 4) is 5.75 Å². The number of hydrogen-bond donors (Lipinski definition) is 2. The summed E-state index contributed by atoms with van der Waals surface area (Å²) < 4.78 is 33.1. The van der Waals surface area contributed by atoms with E-state index in [9.17, 15) is 18.0 Å². The van der Waals surface area contributed by atoms with Crippen LogP contribution in [-0.4, -0.2) is 40.1 Å². The van der Waals surface area contributed by atoms with Crippen molar-refractivity contribution < 1.29 is 27.5 Å². The summed E-state index contributed by atoms with van der Waals surface area (Å²) in [6.07, 6.45) is 1.43. The zero-order valence-electron chi connectivity index (χ0n) is 17.7. The molecule has 0 saturated carbocycles. The maximum Gasteiger partial charge on any atom is 0.338 e. The molecule has 0 radical (unpaired) electrons. The molecular weight excluding hydrogens is 420 g/mol. The highest BCUT2D eigenvalue weighted by molar-refractivity contribution is 7.89. The van der Waals surface area contributed by atoms with Crippen LogP contribution in [0.5, 0.6) is 5.75 Å². The number of ether oxygens (including phenoxy) is 2. The molecule has 2 rings (SSSR count). The van der Waals surface area contributed by atoms with Gasteiger partial charge in [0.25, 0.3) is 5.91 Å². The summed E-state index contributed by atoms with van der Waals surface area (Å²) in [5.74, 6) is 0.202. The number of nitrogens with two attached hydrogens (primary N) is 1. The lowest BCUT2D eigenvalue weighted by Crippen LogP contribution is -2.30. The van der Waals surface area contributed by atoms with Crippen LogP contribution in [0.3, 0.4) is 0 Å². The molecule has 0 saturated heterocycles. The number of primary sulfonamides is 1. The number of benzene rings is 2. The Morgan fingerprint density at radius 1 is 1.03 bits per heavy atom. The van der Waals surface area contributed by atoms with E-state index in [0.29, 0.717) is 36.8 Å². The van der Waals surface area contributed by atoms with Crippen molar-refractivity contribution in [2.45, 2.75) is 31.6 Å². The lowest BCUT2D eigenvalue weighted by atomic mass is 10.1. The first-order valence-electron chi connectivity index (χ1n) is 9.93. The van der Waals surface area contributed by atoms with Crippen molar-refractivity contribution in [3.63, 3.8) is 0 Å². The van der Waals surface area contributed by atoms with Crippen LogP contribution < -0.4 is 15.2 Å². The fourth-order valence-corrected chi connectivity index (χ4v) is 3.07. The smallest absolute Gasteiger partial charge is 0.338 e. The topological polar surface area (TPSA) is 125 Å². The lowest BCUT2D eigenvalue weighted by Gasteiger charge is -2.09. The fourth-order valence-electron chi connectivity index (χ4n) is 2.56. The number of carbonyl (C=O) groups is 2. The van der Waals surface area contributed by atoms with Crippen molar-refractivity contribution in [1.82, 2.24) is 5.32 Å². The second-order valence-electron chi connectivity index (χ2n) is 7.42. The molecule has 0 aliphatic carbocycles. The third-order valence-electron chi connectivity index (χ3n) is 4.38. The molecule has 0 heterocycles. The van der Waals surface area contributed by atoms with Gasteiger partial charge in [0.05, 0.1) is 17.1 Å². The number of hydrogen-bond acceptors (Lipinski definition) is 6. The molecule has 2 aromatic carbocycles. The Balaban J connectivity index is 1.70. The summed E-state index contributed by atoms with van der Waals surface area (Å²) in [6.45, 7) is 4.76. The average Bonchev–Trinajstić information content (AvgIpc) is 2.72. The van der Waals surface area contributed by atoms with Crippen LogP contribution in [0.4, 0.5) is 0 Å². The normalized spacial score (nSPS) is 11.2. The van der Waals surface area contributed by atoms with Gasteiger partial charge >= 0.3 is 5.97 Å². The standard InChI is InChI=1S/C22H28N2O6S/c1-16(2)12-14-29-19-7-5-18(6-8-19)22(26)30-15-21(25)24-13-11-17-3-9-20(10-4-17)31(23,27)28/h3-10,16H,11-15H2,1-2H3,(H,24,25)(H2,23,27,28). The van der Waals surface area contributed by atoms with Gasteiger partial charge in [0.15, 0.2) is 6.61 Å². The third kappa shape index (κ3) is 8.77. The molecule has 3 N–H and O–H groups in total. The minimum absolute atomic E-state index is 0.0300. The minimum atomic E-state index is -3.73. The molecular formula is C22H28N2O6S. The van der Waals surface area contributed by atoms with Gasteiger partial charge < -0.3 is 14.8 Å². The average molecular weight is 449 g/mol. The van der Waals surface area contributed by atoms with Gasteiger partial charge in [-0.2, -0.15) is 0 Å². The van der Waals surface area contributed by atoms with Crippen molar-refractivity contribution >= 4 is 21.9 Å². The number of amides is 1. The van der Waals surface area contributed by atoms with Crippen molar-refractivity contribution in [3.05, 3.63) is 59.7 Å². The molecule has 0 aliphatic rings. The Morgan fingerprint density at radius 3 is 2.26 bits per heavy atom. The minimum Gasteiger partial charge on any atom is -0.494 e. The predicted molar refractivity (Wildman–Crippen MR) is 116 cm³/mol. The van der Waals surface area contributed by atoms with Gasteiger partial charge in [0.2, 0.25) is 10.0 Å². The van der Waals surface area contributed by atoms with Crippen LogP contribution >= 0.6 is 0 Å². The Hall–Kier alpha value is -2.91. The molecule has 8 nitrogen and oxygen atoms in total. The van der Waals surface area contributed by atoms with E-state index in [-0.39, 0.29) is 4.90 Å². The summed E-state index contributed by atoms with van der Waals surface area (Å²) in [6, 6.07) is 12.6. The molecule has 9 heteroatoms. The first-order chi connectivity index (χ1) is 14.6. The van der Waals surface area contributed by atoms with Gasteiger partial charge in [0.1, 0.15) is 5.75 Å². The molecule has 0 unspecified atom stereocenters. The van der Waals surface area contributed by atoms with Crippen LogP contribution in [0.15, 0.2) is 53.4 Å². The Kier molecular flexibility index (Phi) is 9.02. The quantitative estimate of drug-likeness (QED) is 0.508. The van der Waals surface area contributed by atoms with Gasteiger partial charge in [-0.05, 0) is 60.7 Å². The first-order valence-corrected chi connectivity index (χ1v) is 11.5. The third-order valence-corrected chi connectivity index (χ3v) is 5.31. The molecule has 0 bridgehead atoms. The van der Waals surface area contributed by atoms with Gasteiger partial charge in [0, 0.05) is 6.54 Å². The summed E-state index contributed by atoms with van der Waals surface area (Å²) >= 11 is 0. The molecule has 0 fully saturated rings. The molecule has 0 aromatic heterocycles. The van der Waals surface area contributed by atoms with Gasteiger partial charge in [-0.25, -0.2) is 18.4 Å². The van der Waals surface area contributed by atoms with Crippen molar-refractivity contribution in [2.24, 2.45) is 11.1 Å². The lowest BCUT2D eigenvalue weighted by molar-refractivity contribution is -0.124.